The van der Waals surface area contributed by atoms with E-state index in [0.717, 1.165) is 0 Å². The molecule has 2 rings (SSSR count). The first kappa shape index (κ1) is 23.3. The smallest absolute Gasteiger partial charge is 0.273 e. The van der Waals surface area contributed by atoms with E-state index in [2.05, 4.69) is 21.8 Å². The summed E-state index contributed by atoms with van der Waals surface area (Å²) in [5.74, 6) is -1.50. The van der Waals surface area contributed by atoms with Crippen molar-refractivity contribution in [2.75, 3.05) is 13.2 Å². The standard InChI is InChI=1S/C21H28FN5O3/c1-21(2,3)18(20(30)24-11-13-28)25-19(29)16-14-8-7-9-15(22)17(14)27(26-16)12-6-4-5-10-23/h7-9,18,28H,4-6,11-13H2,1-3H3,(H,24,30)(H,25,29). The number of halogens is 1. The normalized spacial score (nSPS) is 12.4. The summed E-state index contributed by atoms with van der Waals surface area (Å²) < 4.78 is 15.9. The minimum Gasteiger partial charge on any atom is -0.395 e. The Morgan fingerprint density at radius 1 is 1.33 bits per heavy atom. The number of nitrogens with zero attached hydrogens (tertiary/aromatic N) is 3. The van der Waals surface area contributed by atoms with Crippen LogP contribution in [0.2, 0.25) is 0 Å². The molecule has 0 aliphatic carbocycles. The van der Waals surface area contributed by atoms with Crippen LogP contribution in [0.25, 0.3) is 10.9 Å². The minimum atomic E-state index is -0.874. The number of unbranched alkanes of at least 4 members (excludes halogenated alkanes) is 2. The van der Waals surface area contributed by atoms with Gasteiger partial charge in [0.05, 0.1) is 12.7 Å². The highest BCUT2D eigenvalue weighted by Gasteiger charge is 2.34. The van der Waals surface area contributed by atoms with E-state index in [1.54, 1.807) is 6.07 Å². The molecule has 2 aromatic rings. The Balaban J connectivity index is 2.34. The van der Waals surface area contributed by atoms with Crippen molar-refractivity contribution in [1.29, 1.82) is 5.26 Å². The first-order valence-corrected chi connectivity index (χ1v) is 9.92. The van der Waals surface area contributed by atoms with Gasteiger partial charge in [-0.05, 0) is 24.3 Å². The van der Waals surface area contributed by atoms with Gasteiger partial charge in [-0.1, -0.05) is 32.9 Å². The first-order chi connectivity index (χ1) is 14.2. The second kappa shape index (κ2) is 10.2. The van der Waals surface area contributed by atoms with Crippen molar-refractivity contribution in [3.63, 3.8) is 0 Å². The van der Waals surface area contributed by atoms with E-state index in [1.807, 2.05) is 20.8 Å². The number of para-hydroxylation sites is 1. The summed E-state index contributed by atoms with van der Waals surface area (Å²) in [6.45, 7) is 5.65. The lowest BCUT2D eigenvalue weighted by Crippen LogP contribution is -2.54. The number of hydrogen-bond acceptors (Lipinski definition) is 5. The predicted molar refractivity (Wildman–Crippen MR) is 110 cm³/mol. The monoisotopic (exact) mass is 417 g/mol. The summed E-state index contributed by atoms with van der Waals surface area (Å²) >= 11 is 0. The summed E-state index contributed by atoms with van der Waals surface area (Å²) in [4.78, 5) is 25.5. The fourth-order valence-electron chi connectivity index (χ4n) is 3.14. The number of fused-ring (bicyclic) bond motifs is 1. The molecule has 0 spiro atoms. The van der Waals surface area contributed by atoms with Gasteiger partial charge >= 0.3 is 0 Å². The minimum absolute atomic E-state index is 0.0361. The lowest BCUT2D eigenvalue weighted by Gasteiger charge is -2.30. The van der Waals surface area contributed by atoms with Gasteiger partial charge in [-0.3, -0.25) is 14.3 Å². The largest absolute Gasteiger partial charge is 0.395 e. The number of benzene rings is 1. The highest BCUT2D eigenvalue weighted by molar-refractivity contribution is 6.06. The van der Waals surface area contributed by atoms with E-state index in [-0.39, 0.29) is 24.4 Å². The van der Waals surface area contributed by atoms with Crippen LogP contribution in [0, 0.1) is 22.6 Å². The van der Waals surface area contributed by atoms with Crippen LogP contribution in [0.4, 0.5) is 4.39 Å². The number of carbonyl (C=O) groups excluding carboxylic acids is 2. The van der Waals surface area contributed by atoms with Gasteiger partial charge in [-0.15, -0.1) is 0 Å². The van der Waals surface area contributed by atoms with E-state index in [0.29, 0.717) is 31.2 Å². The molecule has 1 aromatic heterocycles. The van der Waals surface area contributed by atoms with Crippen LogP contribution < -0.4 is 10.6 Å². The third-order valence-corrected chi connectivity index (χ3v) is 4.66. The molecule has 0 saturated heterocycles. The van der Waals surface area contributed by atoms with E-state index in [1.165, 1.54) is 16.8 Å². The summed E-state index contributed by atoms with van der Waals surface area (Å²) in [7, 11) is 0. The number of nitriles is 1. The maximum Gasteiger partial charge on any atom is 0.273 e. The van der Waals surface area contributed by atoms with E-state index in [9.17, 15) is 14.0 Å². The van der Waals surface area contributed by atoms with Gasteiger partial charge in [-0.25, -0.2) is 4.39 Å². The van der Waals surface area contributed by atoms with E-state index < -0.39 is 29.1 Å². The topological polar surface area (TPSA) is 120 Å². The molecular formula is C21H28FN5O3. The van der Waals surface area contributed by atoms with Crippen LogP contribution in [-0.4, -0.2) is 45.9 Å². The summed E-state index contributed by atoms with van der Waals surface area (Å²) in [6.07, 6.45) is 1.66. The van der Waals surface area contributed by atoms with Gasteiger partial charge in [0, 0.05) is 24.9 Å². The third kappa shape index (κ3) is 5.54. The number of amides is 2. The summed E-state index contributed by atoms with van der Waals surface area (Å²) in [5.41, 5.74) is -0.346. The van der Waals surface area contributed by atoms with Crippen LogP contribution in [0.1, 0.15) is 50.5 Å². The highest BCUT2D eigenvalue weighted by atomic mass is 19.1. The molecule has 8 nitrogen and oxygen atoms in total. The number of hydrogen-bond donors (Lipinski definition) is 3. The molecule has 0 aliphatic rings. The quantitative estimate of drug-likeness (QED) is 0.540. The van der Waals surface area contributed by atoms with Crippen molar-refractivity contribution in [2.24, 2.45) is 5.41 Å². The van der Waals surface area contributed by atoms with Gasteiger partial charge < -0.3 is 15.7 Å². The molecule has 0 fully saturated rings. The molecule has 162 valence electrons. The average Bonchev–Trinajstić information content (AvgIpc) is 3.06. The van der Waals surface area contributed by atoms with Crippen molar-refractivity contribution < 1.29 is 19.1 Å². The van der Waals surface area contributed by atoms with Crippen molar-refractivity contribution in [2.45, 2.75) is 52.6 Å². The third-order valence-electron chi connectivity index (χ3n) is 4.66. The van der Waals surface area contributed by atoms with Crippen LogP contribution in [0.15, 0.2) is 18.2 Å². The molecule has 0 radical (unpaired) electrons. The van der Waals surface area contributed by atoms with Gasteiger partial charge in [0.15, 0.2) is 5.69 Å². The Labute approximate surface area is 175 Å². The van der Waals surface area contributed by atoms with E-state index in [4.69, 9.17) is 10.4 Å². The molecule has 0 bridgehead atoms. The molecule has 30 heavy (non-hydrogen) atoms. The zero-order valence-electron chi connectivity index (χ0n) is 17.5. The Bertz CT molecular complexity index is 942. The number of nitrogens with one attached hydrogen (secondary N) is 2. The van der Waals surface area contributed by atoms with Crippen LogP contribution >= 0.6 is 0 Å². The van der Waals surface area contributed by atoms with Crippen molar-refractivity contribution in [3.8, 4) is 6.07 Å². The lowest BCUT2D eigenvalue weighted by molar-refractivity contribution is -0.125. The number of aliphatic hydroxyl groups excluding tert-OH is 1. The molecule has 0 aliphatic heterocycles. The number of carbonyl (C=O) groups is 2. The van der Waals surface area contributed by atoms with Crippen molar-refractivity contribution in [1.82, 2.24) is 20.4 Å². The number of aryl methyl sites for hydroxylation is 1. The van der Waals surface area contributed by atoms with Crippen molar-refractivity contribution in [3.05, 3.63) is 29.7 Å². The molecule has 1 atom stereocenters. The summed E-state index contributed by atoms with van der Waals surface area (Å²) in [6, 6.07) is 5.61. The molecule has 1 heterocycles. The zero-order chi connectivity index (χ0) is 22.3. The average molecular weight is 417 g/mol. The molecule has 1 aromatic carbocycles. The van der Waals surface area contributed by atoms with Crippen LogP contribution in [0.3, 0.4) is 0 Å². The lowest BCUT2D eigenvalue weighted by atomic mass is 9.86. The fraction of sp³-hybridized carbons (Fsp3) is 0.524. The van der Waals surface area contributed by atoms with E-state index >= 15 is 0 Å². The molecular weight excluding hydrogens is 389 g/mol. The van der Waals surface area contributed by atoms with Gasteiger partial charge in [0.2, 0.25) is 5.91 Å². The zero-order valence-corrected chi connectivity index (χ0v) is 17.5. The van der Waals surface area contributed by atoms with Gasteiger partial charge in [0.1, 0.15) is 17.4 Å². The Kier molecular flexibility index (Phi) is 7.89. The second-order valence-corrected chi connectivity index (χ2v) is 8.11. The summed E-state index contributed by atoms with van der Waals surface area (Å²) in [5, 5.41) is 27.6. The second-order valence-electron chi connectivity index (χ2n) is 8.11. The highest BCUT2D eigenvalue weighted by Crippen LogP contribution is 2.24. The number of rotatable bonds is 9. The number of aromatic nitrogens is 2. The maximum absolute atomic E-state index is 14.5. The first-order valence-electron chi connectivity index (χ1n) is 9.92. The fourth-order valence-corrected chi connectivity index (χ4v) is 3.14. The molecule has 9 heteroatoms. The van der Waals surface area contributed by atoms with Crippen LogP contribution in [-0.2, 0) is 11.3 Å². The van der Waals surface area contributed by atoms with Crippen molar-refractivity contribution >= 4 is 22.7 Å². The molecule has 3 N–H and O–H groups in total. The van der Waals surface area contributed by atoms with Crippen LogP contribution in [0.5, 0.6) is 0 Å². The molecule has 2 amide bonds. The maximum atomic E-state index is 14.5. The Morgan fingerprint density at radius 3 is 2.70 bits per heavy atom. The van der Waals surface area contributed by atoms with Gasteiger partial charge in [0.25, 0.3) is 5.91 Å². The van der Waals surface area contributed by atoms with Gasteiger partial charge in [-0.2, -0.15) is 10.4 Å². The number of aliphatic hydroxyl groups is 1. The molecule has 1 unspecified atom stereocenters. The Morgan fingerprint density at radius 2 is 2.07 bits per heavy atom. The predicted octanol–water partition coefficient (Wildman–Crippen LogP) is 2.12. The SMILES string of the molecule is CC(C)(C)C(NC(=O)c1nn(CCCCC#N)c2c(F)cccc12)C(=O)NCCO. The molecule has 0 saturated carbocycles. The Hall–Kier alpha value is -2.99.